The summed E-state index contributed by atoms with van der Waals surface area (Å²) in [5.41, 5.74) is 2.81. The molecule has 1 heterocycles. The first-order valence-corrected chi connectivity index (χ1v) is 7.54. The maximum absolute atomic E-state index is 12.5. The minimum atomic E-state index is 0.0988. The maximum Gasteiger partial charge on any atom is 0.164 e. The van der Waals surface area contributed by atoms with E-state index in [0.29, 0.717) is 23.6 Å². The lowest BCUT2D eigenvalue weighted by Crippen LogP contribution is -2.17. The number of ether oxygens (including phenoxy) is 1. The first kappa shape index (κ1) is 14.2. The van der Waals surface area contributed by atoms with Crippen molar-refractivity contribution in [3.63, 3.8) is 0 Å². The number of carbonyl (C=O) groups excluding carboxylic acids is 1. The largest absolute Gasteiger partial charge is 0.493 e. The second-order valence-corrected chi connectivity index (χ2v) is 5.89. The summed E-state index contributed by atoms with van der Waals surface area (Å²) in [6.07, 6.45) is 1.34. The van der Waals surface area contributed by atoms with Crippen LogP contribution in [0.25, 0.3) is 0 Å². The van der Waals surface area contributed by atoms with Crippen LogP contribution in [0.1, 0.15) is 40.2 Å². The number of hydrogen-bond donors (Lipinski definition) is 0. The lowest BCUT2D eigenvalue weighted by atomic mass is 9.87. The number of ketones is 1. The van der Waals surface area contributed by atoms with Gasteiger partial charge < -0.3 is 4.74 Å². The van der Waals surface area contributed by atoms with E-state index < -0.39 is 0 Å². The number of hydrogen-bond acceptors (Lipinski definition) is 2. The zero-order valence-corrected chi connectivity index (χ0v) is 12.7. The summed E-state index contributed by atoms with van der Waals surface area (Å²) < 4.78 is 5.64. The Labute approximate surface area is 129 Å². The third kappa shape index (κ3) is 2.96. The molecule has 0 saturated carbocycles. The maximum atomic E-state index is 12.5. The van der Waals surface area contributed by atoms with Crippen LogP contribution in [0.5, 0.6) is 5.75 Å². The number of rotatable bonds is 3. The number of halogens is 1. The normalized spacial score (nSPS) is 17.0. The average molecular weight is 301 g/mol. The van der Waals surface area contributed by atoms with Gasteiger partial charge >= 0.3 is 0 Å². The zero-order chi connectivity index (χ0) is 14.8. The predicted molar refractivity (Wildman–Crippen MR) is 84.4 cm³/mol. The average Bonchev–Trinajstić information content (AvgIpc) is 2.47. The number of benzene rings is 2. The highest BCUT2D eigenvalue weighted by molar-refractivity contribution is 6.34. The van der Waals surface area contributed by atoms with Gasteiger partial charge in [-0.3, -0.25) is 4.79 Å². The fourth-order valence-electron chi connectivity index (χ4n) is 2.81. The summed E-state index contributed by atoms with van der Waals surface area (Å²) in [6, 6.07) is 13.5. The molecule has 1 atom stereocenters. The van der Waals surface area contributed by atoms with E-state index in [4.69, 9.17) is 16.3 Å². The molecule has 0 radical (unpaired) electrons. The van der Waals surface area contributed by atoms with Crippen LogP contribution in [0.2, 0.25) is 5.02 Å². The Balaban J connectivity index is 1.83. The van der Waals surface area contributed by atoms with Gasteiger partial charge in [-0.25, -0.2) is 0 Å². The van der Waals surface area contributed by atoms with Crippen molar-refractivity contribution in [3.8, 4) is 5.75 Å². The van der Waals surface area contributed by atoms with Gasteiger partial charge in [-0.15, -0.1) is 0 Å². The predicted octanol–water partition coefficient (Wildman–Crippen LogP) is 4.79. The van der Waals surface area contributed by atoms with E-state index in [1.165, 1.54) is 0 Å². The topological polar surface area (TPSA) is 26.3 Å². The molecule has 0 spiro atoms. The van der Waals surface area contributed by atoms with E-state index in [0.717, 1.165) is 23.3 Å². The van der Waals surface area contributed by atoms with Crippen molar-refractivity contribution in [2.24, 2.45) is 0 Å². The Kier molecular flexibility index (Phi) is 3.98. The van der Waals surface area contributed by atoms with Crippen molar-refractivity contribution in [2.75, 3.05) is 6.61 Å². The molecule has 2 nitrogen and oxygen atoms in total. The second-order valence-electron chi connectivity index (χ2n) is 5.48. The SMILES string of the molecule is Cc1ccc(C(=O)CC2CCOc3ccccc32)c(Cl)c1. The molecule has 2 aromatic rings. The summed E-state index contributed by atoms with van der Waals surface area (Å²) >= 11 is 6.20. The van der Waals surface area contributed by atoms with Crippen LogP contribution in [0.15, 0.2) is 42.5 Å². The highest BCUT2D eigenvalue weighted by Crippen LogP contribution is 2.36. The van der Waals surface area contributed by atoms with Gasteiger partial charge in [0.25, 0.3) is 0 Å². The van der Waals surface area contributed by atoms with Crippen LogP contribution < -0.4 is 4.74 Å². The lowest BCUT2D eigenvalue weighted by Gasteiger charge is -2.25. The van der Waals surface area contributed by atoms with Crippen molar-refractivity contribution in [3.05, 3.63) is 64.2 Å². The van der Waals surface area contributed by atoms with Crippen molar-refractivity contribution in [1.82, 2.24) is 0 Å². The van der Waals surface area contributed by atoms with Crippen molar-refractivity contribution in [1.29, 1.82) is 0 Å². The molecule has 1 unspecified atom stereocenters. The van der Waals surface area contributed by atoms with Crippen LogP contribution in [-0.2, 0) is 0 Å². The Bertz CT molecular complexity index is 679. The molecule has 108 valence electrons. The van der Waals surface area contributed by atoms with Gasteiger partial charge in [0.1, 0.15) is 5.75 Å². The molecule has 1 aliphatic heterocycles. The highest BCUT2D eigenvalue weighted by Gasteiger charge is 2.24. The molecule has 1 aliphatic rings. The minimum Gasteiger partial charge on any atom is -0.493 e. The summed E-state index contributed by atoms with van der Waals surface area (Å²) in [5, 5.41) is 0.542. The highest BCUT2D eigenvalue weighted by atomic mass is 35.5. The van der Waals surface area contributed by atoms with E-state index in [1.54, 1.807) is 0 Å². The standard InChI is InChI=1S/C18H17ClO2/c1-12-6-7-15(16(19)10-12)17(20)11-13-8-9-21-18-5-3-2-4-14(13)18/h2-7,10,13H,8-9,11H2,1H3. The van der Waals surface area contributed by atoms with Crippen molar-refractivity contribution >= 4 is 17.4 Å². The smallest absolute Gasteiger partial charge is 0.164 e. The first-order valence-electron chi connectivity index (χ1n) is 7.16. The van der Waals surface area contributed by atoms with Gasteiger partial charge in [0.2, 0.25) is 0 Å². The van der Waals surface area contributed by atoms with Gasteiger partial charge in [0.15, 0.2) is 5.78 Å². The van der Waals surface area contributed by atoms with Crippen LogP contribution in [0.3, 0.4) is 0 Å². The number of Topliss-reactive ketones (excluding diaryl/α,β-unsaturated/α-hetero) is 1. The van der Waals surface area contributed by atoms with Crippen LogP contribution in [-0.4, -0.2) is 12.4 Å². The van der Waals surface area contributed by atoms with E-state index in [-0.39, 0.29) is 11.7 Å². The van der Waals surface area contributed by atoms with Crippen LogP contribution in [0, 0.1) is 6.92 Å². The molecule has 0 N–H and O–H groups in total. The third-order valence-electron chi connectivity index (χ3n) is 3.94. The summed E-state index contributed by atoms with van der Waals surface area (Å²) in [6.45, 7) is 2.63. The quantitative estimate of drug-likeness (QED) is 0.762. The first-order chi connectivity index (χ1) is 10.1. The van der Waals surface area contributed by atoms with E-state index in [2.05, 4.69) is 0 Å². The molecule has 0 aromatic heterocycles. The van der Waals surface area contributed by atoms with Crippen molar-refractivity contribution in [2.45, 2.75) is 25.7 Å². The Morgan fingerprint density at radius 1 is 1.29 bits per heavy atom. The monoisotopic (exact) mass is 300 g/mol. The molecule has 3 rings (SSSR count). The number of para-hydroxylation sites is 1. The molecule has 0 saturated heterocycles. The fraction of sp³-hybridized carbons (Fsp3) is 0.278. The molecule has 0 amide bonds. The van der Waals surface area contributed by atoms with Gasteiger partial charge in [-0.2, -0.15) is 0 Å². The molecule has 3 heteroatoms. The van der Waals surface area contributed by atoms with Crippen molar-refractivity contribution < 1.29 is 9.53 Å². The Morgan fingerprint density at radius 3 is 2.90 bits per heavy atom. The molecular formula is C18H17ClO2. The second kappa shape index (κ2) is 5.90. The molecule has 0 bridgehead atoms. The van der Waals surface area contributed by atoms with Gasteiger partial charge in [0, 0.05) is 12.0 Å². The summed E-state index contributed by atoms with van der Waals surface area (Å²) in [4.78, 5) is 12.5. The molecule has 2 aromatic carbocycles. The number of fused-ring (bicyclic) bond motifs is 1. The molecule has 0 fully saturated rings. The van der Waals surface area contributed by atoms with Gasteiger partial charge in [0.05, 0.1) is 11.6 Å². The number of carbonyl (C=O) groups is 1. The lowest BCUT2D eigenvalue weighted by molar-refractivity contribution is 0.0966. The minimum absolute atomic E-state index is 0.0988. The van der Waals surface area contributed by atoms with E-state index in [1.807, 2.05) is 49.4 Å². The molecule has 21 heavy (non-hydrogen) atoms. The van der Waals surface area contributed by atoms with Gasteiger partial charge in [-0.05, 0) is 48.6 Å². The fourth-order valence-corrected chi connectivity index (χ4v) is 3.15. The zero-order valence-electron chi connectivity index (χ0n) is 11.9. The van der Waals surface area contributed by atoms with Crippen LogP contribution in [0.4, 0.5) is 0 Å². The van der Waals surface area contributed by atoms with Crippen LogP contribution >= 0.6 is 11.6 Å². The summed E-state index contributed by atoms with van der Waals surface area (Å²) in [7, 11) is 0. The number of aryl methyl sites for hydroxylation is 1. The van der Waals surface area contributed by atoms with E-state index in [9.17, 15) is 4.79 Å². The Hall–Kier alpha value is -1.80. The molecular weight excluding hydrogens is 284 g/mol. The third-order valence-corrected chi connectivity index (χ3v) is 4.25. The van der Waals surface area contributed by atoms with E-state index >= 15 is 0 Å². The van der Waals surface area contributed by atoms with Gasteiger partial charge in [-0.1, -0.05) is 35.9 Å². The molecule has 0 aliphatic carbocycles. The Morgan fingerprint density at radius 2 is 2.10 bits per heavy atom. The summed E-state index contributed by atoms with van der Waals surface area (Å²) in [5.74, 6) is 1.21.